The Morgan fingerprint density at radius 2 is 1.90 bits per heavy atom. The summed E-state index contributed by atoms with van der Waals surface area (Å²) in [6, 6.07) is 7.25. The molecule has 0 unspecified atom stereocenters. The van der Waals surface area contributed by atoms with E-state index in [4.69, 9.17) is 4.74 Å². The zero-order valence-electron chi connectivity index (χ0n) is 15.8. The first-order valence-corrected chi connectivity index (χ1v) is 11.8. The predicted octanol–water partition coefficient (Wildman–Crippen LogP) is 3.18. The molecule has 3 aromatic rings. The molecular formula is C18H18F3N3O4S2. The third-order valence-corrected chi connectivity index (χ3v) is 5.99. The molecule has 0 saturated carbocycles. The third kappa shape index (κ3) is 5.79. The second-order valence-corrected chi connectivity index (χ2v) is 9.82. The standard InChI is InChI=1S/C18H18F3N3O4S2/c1-30(26,27)10-2-9-29-17-23-14-7-8-22-15(14)16(25)24(17)12-3-5-13(6-4-12)28-11-18(19,20)21/h3-8,22H,2,9-11H2,1H3. The average Bonchev–Trinajstić information content (AvgIpc) is 3.12. The lowest BCUT2D eigenvalue weighted by molar-refractivity contribution is -0.153. The van der Waals surface area contributed by atoms with E-state index < -0.39 is 22.6 Å². The number of hydrogen-bond acceptors (Lipinski definition) is 6. The Morgan fingerprint density at radius 1 is 1.20 bits per heavy atom. The summed E-state index contributed by atoms with van der Waals surface area (Å²) >= 11 is 1.23. The van der Waals surface area contributed by atoms with Gasteiger partial charge in [-0.05, 0) is 36.8 Å². The average molecular weight is 461 g/mol. The van der Waals surface area contributed by atoms with Gasteiger partial charge in [-0.25, -0.2) is 13.4 Å². The fraction of sp³-hybridized carbons (Fsp3) is 0.333. The number of nitrogens with one attached hydrogen (secondary N) is 1. The van der Waals surface area contributed by atoms with Crippen molar-refractivity contribution < 1.29 is 26.3 Å². The number of fused-ring (bicyclic) bond motifs is 1. The molecule has 0 atom stereocenters. The molecule has 0 fully saturated rings. The van der Waals surface area contributed by atoms with E-state index in [1.54, 1.807) is 12.3 Å². The van der Waals surface area contributed by atoms with Crippen LogP contribution in [0.5, 0.6) is 5.75 Å². The second-order valence-electron chi connectivity index (χ2n) is 6.50. The Hall–Kier alpha value is -2.47. The van der Waals surface area contributed by atoms with E-state index in [0.29, 0.717) is 28.5 Å². The van der Waals surface area contributed by atoms with Crippen molar-refractivity contribution in [2.24, 2.45) is 0 Å². The molecule has 0 spiro atoms. The van der Waals surface area contributed by atoms with Crippen LogP contribution in [0.2, 0.25) is 0 Å². The van der Waals surface area contributed by atoms with Gasteiger partial charge in [0.25, 0.3) is 5.56 Å². The molecule has 0 aliphatic carbocycles. The number of hydrogen-bond donors (Lipinski definition) is 1. The van der Waals surface area contributed by atoms with Crippen LogP contribution in [-0.4, -0.2) is 53.5 Å². The van der Waals surface area contributed by atoms with Crippen molar-refractivity contribution in [3.8, 4) is 11.4 Å². The molecule has 12 heteroatoms. The van der Waals surface area contributed by atoms with Crippen LogP contribution >= 0.6 is 11.8 Å². The van der Waals surface area contributed by atoms with Crippen LogP contribution in [0.1, 0.15) is 6.42 Å². The van der Waals surface area contributed by atoms with Gasteiger partial charge in [-0.2, -0.15) is 13.2 Å². The van der Waals surface area contributed by atoms with Gasteiger partial charge in [0, 0.05) is 18.2 Å². The molecule has 7 nitrogen and oxygen atoms in total. The van der Waals surface area contributed by atoms with Crippen molar-refractivity contribution >= 4 is 32.6 Å². The number of thioether (sulfide) groups is 1. The number of halogens is 3. The highest BCUT2D eigenvalue weighted by atomic mass is 32.2. The Balaban J connectivity index is 1.89. The highest BCUT2D eigenvalue weighted by Crippen LogP contribution is 2.24. The second kappa shape index (κ2) is 8.72. The highest BCUT2D eigenvalue weighted by molar-refractivity contribution is 7.99. The largest absolute Gasteiger partial charge is 0.484 e. The van der Waals surface area contributed by atoms with Crippen LogP contribution in [0.25, 0.3) is 16.7 Å². The van der Waals surface area contributed by atoms with E-state index in [1.807, 2.05) is 0 Å². The smallest absolute Gasteiger partial charge is 0.422 e. The van der Waals surface area contributed by atoms with E-state index in [0.717, 1.165) is 6.26 Å². The van der Waals surface area contributed by atoms with E-state index in [1.165, 1.54) is 40.6 Å². The lowest BCUT2D eigenvalue weighted by Crippen LogP contribution is -2.22. The number of rotatable bonds is 8. The molecule has 2 aromatic heterocycles. The van der Waals surface area contributed by atoms with Crippen LogP contribution in [0.15, 0.2) is 46.5 Å². The molecule has 3 rings (SSSR count). The minimum atomic E-state index is -4.45. The number of aromatic amines is 1. The van der Waals surface area contributed by atoms with Gasteiger partial charge in [-0.3, -0.25) is 9.36 Å². The fourth-order valence-corrected chi connectivity index (χ4v) is 4.45. The molecule has 0 amide bonds. The Labute approximate surface area is 174 Å². The van der Waals surface area contributed by atoms with Gasteiger partial charge in [-0.15, -0.1) is 0 Å². The maximum atomic E-state index is 12.9. The van der Waals surface area contributed by atoms with Gasteiger partial charge >= 0.3 is 6.18 Å². The van der Waals surface area contributed by atoms with E-state index in [2.05, 4.69) is 9.97 Å². The topological polar surface area (TPSA) is 94.0 Å². The maximum Gasteiger partial charge on any atom is 0.422 e. The Kier molecular flexibility index (Phi) is 6.46. The minimum absolute atomic E-state index is 0.0143. The van der Waals surface area contributed by atoms with Crippen molar-refractivity contribution in [2.75, 3.05) is 24.4 Å². The number of H-pyrrole nitrogens is 1. The van der Waals surface area contributed by atoms with Gasteiger partial charge in [-0.1, -0.05) is 11.8 Å². The molecular weight excluding hydrogens is 443 g/mol. The van der Waals surface area contributed by atoms with Crippen LogP contribution < -0.4 is 10.3 Å². The van der Waals surface area contributed by atoms with Crippen molar-refractivity contribution in [3.05, 3.63) is 46.9 Å². The number of aromatic nitrogens is 3. The number of ether oxygens (including phenoxy) is 1. The van der Waals surface area contributed by atoms with E-state index >= 15 is 0 Å². The molecule has 2 heterocycles. The van der Waals surface area contributed by atoms with Gasteiger partial charge in [0.2, 0.25) is 0 Å². The Bertz CT molecular complexity index is 1190. The summed E-state index contributed by atoms with van der Waals surface area (Å²) in [5.41, 5.74) is 0.772. The van der Waals surface area contributed by atoms with Crippen molar-refractivity contribution in [1.82, 2.24) is 14.5 Å². The monoisotopic (exact) mass is 461 g/mol. The number of sulfone groups is 1. The zero-order chi connectivity index (χ0) is 21.9. The lowest BCUT2D eigenvalue weighted by atomic mass is 10.3. The first-order chi connectivity index (χ1) is 14.0. The fourth-order valence-electron chi connectivity index (χ4n) is 2.64. The molecule has 1 N–H and O–H groups in total. The molecule has 30 heavy (non-hydrogen) atoms. The molecule has 0 aliphatic rings. The van der Waals surface area contributed by atoms with Crippen molar-refractivity contribution in [3.63, 3.8) is 0 Å². The Morgan fingerprint density at radius 3 is 2.53 bits per heavy atom. The van der Waals surface area contributed by atoms with Gasteiger partial charge in [0.05, 0.1) is 17.0 Å². The van der Waals surface area contributed by atoms with Gasteiger partial charge < -0.3 is 9.72 Å². The first-order valence-electron chi connectivity index (χ1n) is 8.74. The maximum absolute atomic E-state index is 12.9. The van der Waals surface area contributed by atoms with Crippen LogP contribution in [0.4, 0.5) is 13.2 Å². The number of alkyl halides is 3. The highest BCUT2D eigenvalue weighted by Gasteiger charge is 2.28. The van der Waals surface area contributed by atoms with Crippen molar-refractivity contribution in [1.29, 1.82) is 0 Å². The van der Waals surface area contributed by atoms with Crippen molar-refractivity contribution in [2.45, 2.75) is 17.8 Å². The predicted molar refractivity (Wildman–Crippen MR) is 108 cm³/mol. The summed E-state index contributed by atoms with van der Waals surface area (Å²) in [7, 11) is -3.10. The SMILES string of the molecule is CS(=O)(=O)CCCSc1nc2cc[nH]c2c(=O)n1-c1ccc(OCC(F)(F)F)cc1. The quantitative estimate of drug-likeness (QED) is 0.315. The molecule has 0 aliphatic heterocycles. The molecule has 0 radical (unpaired) electrons. The zero-order valence-corrected chi connectivity index (χ0v) is 17.4. The number of benzene rings is 1. The summed E-state index contributed by atoms with van der Waals surface area (Å²) < 4.78 is 65.6. The van der Waals surface area contributed by atoms with Gasteiger partial charge in [0.1, 0.15) is 21.1 Å². The number of nitrogens with zero attached hydrogens (tertiary/aromatic N) is 2. The van der Waals surface area contributed by atoms with E-state index in [9.17, 15) is 26.4 Å². The van der Waals surface area contributed by atoms with Crippen LogP contribution in [-0.2, 0) is 9.84 Å². The summed E-state index contributed by atoms with van der Waals surface area (Å²) in [5, 5.41) is 0.351. The minimum Gasteiger partial charge on any atom is -0.484 e. The molecule has 162 valence electrons. The summed E-state index contributed by atoms with van der Waals surface area (Å²) in [6.07, 6.45) is -1.33. The summed E-state index contributed by atoms with van der Waals surface area (Å²) in [4.78, 5) is 20.2. The van der Waals surface area contributed by atoms with Gasteiger partial charge in [0.15, 0.2) is 11.8 Å². The first kappa shape index (κ1) is 22.2. The molecule has 0 bridgehead atoms. The normalized spacial score (nSPS) is 12.4. The van der Waals surface area contributed by atoms with E-state index in [-0.39, 0.29) is 22.6 Å². The summed E-state index contributed by atoms with van der Waals surface area (Å²) in [6.45, 7) is -1.41. The molecule has 1 aromatic carbocycles. The third-order valence-electron chi connectivity index (χ3n) is 3.94. The van der Waals surface area contributed by atoms with Crippen LogP contribution in [0.3, 0.4) is 0 Å². The molecule has 0 saturated heterocycles. The van der Waals surface area contributed by atoms with Crippen LogP contribution in [0, 0.1) is 0 Å². The lowest BCUT2D eigenvalue weighted by Gasteiger charge is -2.13. The summed E-state index contributed by atoms with van der Waals surface area (Å²) in [5.74, 6) is 0.449.